The maximum absolute atomic E-state index is 11.3. The van der Waals surface area contributed by atoms with Gasteiger partial charge in [-0.1, -0.05) is 29.8 Å². The second kappa shape index (κ2) is 3.66. The van der Waals surface area contributed by atoms with E-state index in [9.17, 15) is 9.90 Å². The Morgan fingerprint density at radius 2 is 2.07 bits per heavy atom. The molecular weight excluding hydrogens is 190 g/mol. The first kappa shape index (κ1) is 10.2. The molecule has 2 rings (SSSR count). The first-order chi connectivity index (χ1) is 7.15. The molecule has 3 nitrogen and oxygen atoms in total. The van der Waals surface area contributed by atoms with E-state index in [0.717, 1.165) is 24.1 Å². The van der Waals surface area contributed by atoms with E-state index in [2.05, 4.69) is 5.32 Å². The van der Waals surface area contributed by atoms with Crippen LogP contribution in [0.2, 0.25) is 0 Å². The molecule has 1 aromatic rings. The number of carboxylic acids is 1. The lowest BCUT2D eigenvalue weighted by molar-refractivity contribution is -0.144. The van der Waals surface area contributed by atoms with Crippen molar-refractivity contribution in [2.75, 3.05) is 6.54 Å². The minimum atomic E-state index is -0.853. The van der Waals surface area contributed by atoms with Gasteiger partial charge in [-0.2, -0.15) is 0 Å². The molecule has 3 heteroatoms. The first-order valence-electron chi connectivity index (χ1n) is 5.21. The third kappa shape index (κ3) is 1.63. The lowest BCUT2D eigenvalue weighted by Gasteiger charge is -2.25. The van der Waals surface area contributed by atoms with Crippen LogP contribution >= 0.6 is 0 Å². The summed E-state index contributed by atoms with van der Waals surface area (Å²) >= 11 is 0. The number of carboxylic acid groups (broad SMARTS) is 1. The molecule has 1 heterocycles. The average molecular weight is 205 g/mol. The molecule has 1 aliphatic rings. The zero-order chi connectivity index (χ0) is 10.9. The highest BCUT2D eigenvalue weighted by molar-refractivity contribution is 5.81. The molecule has 0 spiro atoms. The van der Waals surface area contributed by atoms with Gasteiger partial charge in [0.25, 0.3) is 0 Å². The predicted octanol–water partition coefficient (Wildman–Crippen LogP) is 1.66. The highest BCUT2D eigenvalue weighted by Crippen LogP contribution is 2.31. The van der Waals surface area contributed by atoms with Crippen LogP contribution in [0.3, 0.4) is 0 Å². The molecule has 1 unspecified atom stereocenters. The number of rotatable bonds is 2. The molecule has 1 aliphatic heterocycles. The van der Waals surface area contributed by atoms with Crippen LogP contribution in [-0.4, -0.2) is 17.6 Å². The Morgan fingerprint density at radius 1 is 1.40 bits per heavy atom. The Hall–Kier alpha value is -1.35. The molecule has 0 saturated carbocycles. The molecule has 15 heavy (non-hydrogen) atoms. The molecule has 80 valence electrons. The van der Waals surface area contributed by atoms with E-state index in [0.29, 0.717) is 6.42 Å². The van der Waals surface area contributed by atoms with Crippen molar-refractivity contribution >= 4 is 5.97 Å². The fourth-order valence-electron chi connectivity index (χ4n) is 2.13. The van der Waals surface area contributed by atoms with E-state index >= 15 is 0 Å². The number of hydrogen-bond donors (Lipinski definition) is 2. The topological polar surface area (TPSA) is 49.3 Å². The monoisotopic (exact) mass is 205 g/mol. The van der Waals surface area contributed by atoms with Gasteiger partial charge in [-0.05, 0) is 31.9 Å². The fraction of sp³-hybridized carbons (Fsp3) is 0.417. The molecule has 1 aromatic carbocycles. The number of benzene rings is 1. The molecule has 0 aromatic heterocycles. The average Bonchev–Trinajstić information content (AvgIpc) is 2.69. The van der Waals surface area contributed by atoms with Crippen molar-refractivity contribution in [3.05, 3.63) is 35.4 Å². The van der Waals surface area contributed by atoms with Gasteiger partial charge in [-0.15, -0.1) is 0 Å². The van der Waals surface area contributed by atoms with E-state index < -0.39 is 11.5 Å². The quantitative estimate of drug-likeness (QED) is 0.772. The standard InChI is InChI=1S/C12H15NO2/c1-9-3-5-10(6-4-9)12(11(14)15)7-2-8-13-12/h3-6,13H,2,7-8H2,1H3,(H,14,15). The summed E-state index contributed by atoms with van der Waals surface area (Å²) in [5, 5.41) is 12.4. The van der Waals surface area contributed by atoms with E-state index in [1.54, 1.807) is 0 Å². The summed E-state index contributed by atoms with van der Waals surface area (Å²) in [5.41, 5.74) is 1.16. The van der Waals surface area contributed by atoms with Gasteiger partial charge in [-0.3, -0.25) is 5.32 Å². The summed E-state index contributed by atoms with van der Waals surface area (Å²) in [6.45, 7) is 2.78. The third-order valence-electron chi connectivity index (χ3n) is 3.06. The van der Waals surface area contributed by atoms with Gasteiger partial charge in [0.1, 0.15) is 5.54 Å². The zero-order valence-corrected chi connectivity index (χ0v) is 8.79. The van der Waals surface area contributed by atoms with E-state index in [1.165, 1.54) is 0 Å². The normalized spacial score (nSPS) is 25.4. The molecule has 1 fully saturated rings. The van der Waals surface area contributed by atoms with Crippen LogP contribution in [0.1, 0.15) is 24.0 Å². The molecule has 1 atom stereocenters. The number of nitrogens with one attached hydrogen (secondary N) is 1. The second-order valence-corrected chi connectivity index (χ2v) is 4.11. The van der Waals surface area contributed by atoms with E-state index in [4.69, 9.17) is 0 Å². The molecule has 0 amide bonds. The van der Waals surface area contributed by atoms with Crippen molar-refractivity contribution in [2.45, 2.75) is 25.3 Å². The van der Waals surface area contributed by atoms with Crippen molar-refractivity contribution < 1.29 is 9.90 Å². The van der Waals surface area contributed by atoms with E-state index in [1.807, 2.05) is 31.2 Å². The molecule has 0 radical (unpaired) electrons. The van der Waals surface area contributed by atoms with Crippen LogP contribution in [0, 0.1) is 6.92 Å². The van der Waals surface area contributed by atoms with Gasteiger partial charge in [-0.25, -0.2) is 4.79 Å². The van der Waals surface area contributed by atoms with Crippen molar-refractivity contribution in [3.8, 4) is 0 Å². The molecule has 2 N–H and O–H groups in total. The summed E-state index contributed by atoms with van der Waals surface area (Å²) in [6.07, 6.45) is 1.59. The lowest BCUT2D eigenvalue weighted by Crippen LogP contribution is -2.44. The maximum Gasteiger partial charge on any atom is 0.328 e. The Labute approximate surface area is 89.1 Å². The summed E-state index contributed by atoms with van der Waals surface area (Å²) < 4.78 is 0. The van der Waals surface area contributed by atoms with Gasteiger partial charge in [0, 0.05) is 0 Å². The van der Waals surface area contributed by atoms with Gasteiger partial charge in [0.05, 0.1) is 0 Å². The Bertz CT molecular complexity index is 364. The fourth-order valence-corrected chi connectivity index (χ4v) is 2.13. The Morgan fingerprint density at radius 3 is 2.53 bits per heavy atom. The molecule has 0 bridgehead atoms. The van der Waals surface area contributed by atoms with Crippen molar-refractivity contribution in [1.29, 1.82) is 0 Å². The number of aryl methyl sites for hydroxylation is 1. The van der Waals surface area contributed by atoms with Gasteiger partial charge in [0.2, 0.25) is 0 Å². The van der Waals surface area contributed by atoms with Crippen LogP contribution in [0.5, 0.6) is 0 Å². The number of aliphatic carboxylic acids is 1. The molecule has 1 saturated heterocycles. The highest BCUT2D eigenvalue weighted by Gasteiger charge is 2.42. The Kier molecular flexibility index (Phi) is 2.49. The van der Waals surface area contributed by atoms with Gasteiger partial charge in [0.15, 0.2) is 0 Å². The molecular formula is C12H15NO2. The smallest absolute Gasteiger partial charge is 0.328 e. The van der Waals surface area contributed by atoms with Crippen LogP contribution in [0.25, 0.3) is 0 Å². The highest BCUT2D eigenvalue weighted by atomic mass is 16.4. The predicted molar refractivity (Wildman–Crippen MR) is 57.7 cm³/mol. The van der Waals surface area contributed by atoms with Crippen LogP contribution in [0.15, 0.2) is 24.3 Å². The third-order valence-corrected chi connectivity index (χ3v) is 3.06. The zero-order valence-electron chi connectivity index (χ0n) is 8.79. The van der Waals surface area contributed by atoms with E-state index in [-0.39, 0.29) is 0 Å². The van der Waals surface area contributed by atoms with Gasteiger partial charge < -0.3 is 5.11 Å². The summed E-state index contributed by atoms with van der Waals surface area (Å²) in [5.74, 6) is -0.774. The van der Waals surface area contributed by atoms with Crippen molar-refractivity contribution in [3.63, 3.8) is 0 Å². The second-order valence-electron chi connectivity index (χ2n) is 4.11. The number of carbonyl (C=O) groups is 1. The largest absolute Gasteiger partial charge is 0.480 e. The van der Waals surface area contributed by atoms with Crippen LogP contribution in [0.4, 0.5) is 0 Å². The Balaban J connectivity index is 2.41. The number of hydrogen-bond acceptors (Lipinski definition) is 2. The minimum Gasteiger partial charge on any atom is -0.480 e. The van der Waals surface area contributed by atoms with Crippen molar-refractivity contribution in [2.24, 2.45) is 0 Å². The first-order valence-corrected chi connectivity index (χ1v) is 5.21. The summed E-state index contributed by atoms with van der Waals surface area (Å²) in [6, 6.07) is 7.73. The van der Waals surface area contributed by atoms with Gasteiger partial charge >= 0.3 is 5.97 Å². The SMILES string of the molecule is Cc1ccc(C2(C(=O)O)CCCN2)cc1. The summed E-state index contributed by atoms with van der Waals surface area (Å²) in [7, 11) is 0. The summed E-state index contributed by atoms with van der Waals surface area (Å²) in [4.78, 5) is 11.3. The molecule has 0 aliphatic carbocycles. The maximum atomic E-state index is 11.3. The van der Waals surface area contributed by atoms with Crippen LogP contribution in [-0.2, 0) is 10.3 Å². The minimum absolute atomic E-state index is 0.672. The lowest BCUT2D eigenvalue weighted by atomic mass is 9.88. The van der Waals surface area contributed by atoms with Crippen molar-refractivity contribution in [1.82, 2.24) is 5.32 Å². The van der Waals surface area contributed by atoms with Crippen LogP contribution < -0.4 is 5.32 Å².